The second-order valence-corrected chi connectivity index (χ2v) is 7.21. The Hall–Kier alpha value is -3.46. The summed E-state index contributed by atoms with van der Waals surface area (Å²) in [6.07, 6.45) is 0. The van der Waals surface area contributed by atoms with Crippen molar-refractivity contribution >= 4 is 16.9 Å². The van der Waals surface area contributed by atoms with Gasteiger partial charge in [0.2, 0.25) is 0 Å². The largest absolute Gasteiger partial charge is 0.462 e. The maximum Gasteiger partial charge on any atom is 0.338 e. The van der Waals surface area contributed by atoms with Crippen LogP contribution in [0.15, 0.2) is 72.8 Å². The number of aromatic nitrogens is 1. The first-order chi connectivity index (χ1) is 14.1. The fourth-order valence-corrected chi connectivity index (χ4v) is 3.78. The normalized spacial score (nSPS) is 10.9. The van der Waals surface area contributed by atoms with E-state index in [9.17, 15) is 4.79 Å². The molecule has 3 aromatic carbocycles. The number of hydrogen-bond donors (Lipinski definition) is 0. The predicted molar refractivity (Wildman–Crippen MR) is 118 cm³/mol. The molecule has 0 aliphatic rings. The Morgan fingerprint density at radius 1 is 0.862 bits per heavy atom. The van der Waals surface area contributed by atoms with Crippen molar-refractivity contribution in [2.75, 3.05) is 6.61 Å². The van der Waals surface area contributed by atoms with Crippen LogP contribution >= 0.6 is 0 Å². The van der Waals surface area contributed by atoms with Gasteiger partial charge in [-0.3, -0.25) is 0 Å². The highest BCUT2D eigenvalue weighted by Crippen LogP contribution is 2.32. The Labute approximate surface area is 171 Å². The number of esters is 1. The third-order valence-electron chi connectivity index (χ3n) is 4.96. The van der Waals surface area contributed by atoms with Crippen LogP contribution in [0.4, 0.5) is 0 Å². The number of carbonyl (C=O) groups is 1. The van der Waals surface area contributed by atoms with Gasteiger partial charge in [0.15, 0.2) is 0 Å². The fourth-order valence-electron chi connectivity index (χ4n) is 3.78. The zero-order valence-corrected chi connectivity index (χ0v) is 16.9. The predicted octanol–water partition coefficient (Wildman–Crippen LogP) is 6.36. The lowest BCUT2D eigenvalue weighted by molar-refractivity contribution is 0.0527. The Morgan fingerprint density at radius 3 is 2.34 bits per heavy atom. The van der Waals surface area contributed by atoms with Gasteiger partial charge in [0.25, 0.3) is 0 Å². The van der Waals surface area contributed by atoms with E-state index in [1.165, 1.54) is 11.1 Å². The van der Waals surface area contributed by atoms with E-state index in [2.05, 4.69) is 38.1 Å². The number of benzene rings is 3. The second kappa shape index (κ2) is 7.88. The number of pyridine rings is 1. The summed E-state index contributed by atoms with van der Waals surface area (Å²) in [6.45, 7) is 6.37. The van der Waals surface area contributed by atoms with Gasteiger partial charge in [-0.15, -0.1) is 0 Å². The number of fused-ring (bicyclic) bond motifs is 1. The molecule has 4 rings (SSSR count). The van der Waals surface area contributed by atoms with Gasteiger partial charge in [-0.05, 0) is 62.2 Å². The van der Waals surface area contributed by atoms with Crippen molar-refractivity contribution in [2.45, 2.75) is 20.8 Å². The minimum Gasteiger partial charge on any atom is -0.462 e. The van der Waals surface area contributed by atoms with Gasteiger partial charge in [-0.1, -0.05) is 53.6 Å². The first kappa shape index (κ1) is 18.9. The average Bonchev–Trinajstić information content (AvgIpc) is 2.72. The fraction of sp³-hybridized carbons (Fsp3) is 0.154. The van der Waals surface area contributed by atoms with Crippen LogP contribution in [0.3, 0.4) is 0 Å². The van der Waals surface area contributed by atoms with Crippen LogP contribution < -0.4 is 0 Å². The van der Waals surface area contributed by atoms with E-state index in [4.69, 9.17) is 9.72 Å². The van der Waals surface area contributed by atoms with Crippen LogP contribution in [0.1, 0.15) is 28.4 Å². The van der Waals surface area contributed by atoms with Crippen molar-refractivity contribution in [1.29, 1.82) is 0 Å². The molecular formula is C26H23NO2. The van der Waals surface area contributed by atoms with E-state index in [1.54, 1.807) is 0 Å². The molecule has 0 saturated heterocycles. The van der Waals surface area contributed by atoms with Gasteiger partial charge < -0.3 is 4.74 Å². The number of nitrogens with zero attached hydrogens (tertiary/aromatic N) is 1. The Bertz CT molecular complexity index is 1190. The molecule has 3 heteroatoms. The molecule has 1 heterocycles. The molecule has 0 N–H and O–H groups in total. The number of hydrogen-bond acceptors (Lipinski definition) is 3. The topological polar surface area (TPSA) is 39.2 Å². The van der Waals surface area contributed by atoms with Crippen LogP contribution in [-0.4, -0.2) is 17.6 Å². The molecule has 0 atom stereocenters. The van der Waals surface area contributed by atoms with Crippen molar-refractivity contribution in [3.63, 3.8) is 0 Å². The van der Waals surface area contributed by atoms with Crippen LogP contribution in [0, 0.1) is 13.8 Å². The molecule has 0 saturated carbocycles. The van der Waals surface area contributed by atoms with E-state index in [-0.39, 0.29) is 5.97 Å². The summed E-state index contributed by atoms with van der Waals surface area (Å²) in [4.78, 5) is 17.3. The van der Waals surface area contributed by atoms with Crippen molar-refractivity contribution in [3.8, 4) is 22.4 Å². The van der Waals surface area contributed by atoms with E-state index >= 15 is 0 Å². The maximum absolute atomic E-state index is 12.4. The minimum absolute atomic E-state index is 0.306. The van der Waals surface area contributed by atoms with Gasteiger partial charge in [0.1, 0.15) is 0 Å². The molecule has 0 aliphatic heterocycles. The van der Waals surface area contributed by atoms with Crippen molar-refractivity contribution in [1.82, 2.24) is 4.98 Å². The Morgan fingerprint density at radius 2 is 1.59 bits per heavy atom. The van der Waals surface area contributed by atoms with E-state index < -0.39 is 0 Å². The summed E-state index contributed by atoms with van der Waals surface area (Å²) in [7, 11) is 0. The molecule has 0 radical (unpaired) electrons. The van der Waals surface area contributed by atoms with Crippen LogP contribution in [0.5, 0.6) is 0 Å². The van der Waals surface area contributed by atoms with Crippen LogP contribution in [0.2, 0.25) is 0 Å². The van der Waals surface area contributed by atoms with Crippen molar-refractivity contribution in [2.24, 2.45) is 0 Å². The standard InChI is InChI=1S/C26H23NO2/c1-4-29-26(28)23-9-6-5-8-21(23)20-10-7-11-25-22(20)12-13-24(27-25)19-15-17(2)14-18(3)16-19/h5-16H,4H2,1-3H3. The lowest BCUT2D eigenvalue weighted by atomic mass is 9.95. The molecule has 0 amide bonds. The number of ether oxygens (including phenoxy) is 1. The highest BCUT2D eigenvalue weighted by molar-refractivity contribution is 6.03. The Kier molecular flexibility index (Phi) is 5.13. The SMILES string of the molecule is CCOC(=O)c1ccccc1-c1cccc2nc(-c3cc(C)cc(C)c3)ccc12. The molecule has 4 aromatic rings. The van der Waals surface area contributed by atoms with Gasteiger partial charge >= 0.3 is 5.97 Å². The van der Waals surface area contributed by atoms with Crippen LogP contribution in [-0.2, 0) is 4.74 Å². The van der Waals surface area contributed by atoms with Gasteiger partial charge in [-0.25, -0.2) is 9.78 Å². The molecule has 29 heavy (non-hydrogen) atoms. The minimum atomic E-state index is -0.306. The van der Waals surface area contributed by atoms with Crippen molar-refractivity contribution in [3.05, 3.63) is 89.5 Å². The highest BCUT2D eigenvalue weighted by atomic mass is 16.5. The lowest BCUT2D eigenvalue weighted by Crippen LogP contribution is -2.06. The maximum atomic E-state index is 12.4. The summed E-state index contributed by atoms with van der Waals surface area (Å²) in [6, 6.07) is 24.2. The van der Waals surface area contributed by atoms with Gasteiger partial charge in [0, 0.05) is 10.9 Å². The van der Waals surface area contributed by atoms with Crippen LogP contribution in [0.25, 0.3) is 33.3 Å². The molecule has 0 spiro atoms. The summed E-state index contributed by atoms with van der Waals surface area (Å²) in [5, 5.41) is 1.01. The quantitative estimate of drug-likeness (QED) is 0.386. The average molecular weight is 381 g/mol. The third-order valence-corrected chi connectivity index (χ3v) is 4.96. The second-order valence-electron chi connectivity index (χ2n) is 7.21. The summed E-state index contributed by atoms with van der Waals surface area (Å²) < 4.78 is 5.25. The summed E-state index contributed by atoms with van der Waals surface area (Å²) in [5.41, 5.74) is 7.81. The summed E-state index contributed by atoms with van der Waals surface area (Å²) in [5.74, 6) is -0.306. The molecule has 1 aromatic heterocycles. The third kappa shape index (κ3) is 3.77. The summed E-state index contributed by atoms with van der Waals surface area (Å²) >= 11 is 0. The van der Waals surface area contributed by atoms with Gasteiger partial charge in [0.05, 0.1) is 23.4 Å². The zero-order valence-electron chi connectivity index (χ0n) is 16.9. The number of carbonyl (C=O) groups excluding carboxylic acids is 1. The highest BCUT2D eigenvalue weighted by Gasteiger charge is 2.15. The van der Waals surface area contributed by atoms with Crippen molar-refractivity contribution < 1.29 is 9.53 Å². The zero-order chi connectivity index (χ0) is 20.4. The molecule has 144 valence electrons. The smallest absolute Gasteiger partial charge is 0.338 e. The molecule has 0 fully saturated rings. The number of rotatable bonds is 4. The monoisotopic (exact) mass is 381 g/mol. The molecule has 0 aliphatic carbocycles. The van der Waals surface area contributed by atoms with E-state index in [1.807, 2.05) is 55.5 Å². The van der Waals surface area contributed by atoms with E-state index in [0.29, 0.717) is 12.2 Å². The van der Waals surface area contributed by atoms with E-state index in [0.717, 1.165) is 33.3 Å². The first-order valence-corrected chi connectivity index (χ1v) is 9.82. The Balaban J connectivity index is 1.86. The molecule has 0 bridgehead atoms. The lowest BCUT2D eigenvalue weighted by Gasteiger charge is -2.12. The number of aryl methyl sites for hydroxylation is 2. The molecule has 3 nitrogen and oxygen atoms in total. The molecular weight excluding hydrogens is 358 g/mol. The van der Waals surface area contributed by atoms with Gasteiger partial charge in [-0.2, -0.15) is 0 Å². The first-order valence-electron chi connectivity index (χ1n) is 9.82. The molecule has 0 unspecified atom stereocenters.